The van der Waals surface area contributed by atoms with Gasteiger partial charge in [-0.2, -0.15) is 0 Å². The SMILES string of the molecule is CCOC(=O)c1c(C)nc(C)c(C(=O)OCC)c1CC=Cc1ccccc1. The summed E-state index contributed by atoms with van der Waals surface area (Å²) in [6.07, 6.45) is 4.27. The number of aromatic nitrogens is 1. The first kappa shape index (κ1) is 20.4. The van der Waals surface area contributed by atoms with E-state index in [1.54, 1.807) is 27.7 Å². The summed E-state index contributed by atoms with van der Waals surface area (Å²) >= 11 is 0. The van der Waals surface area contributed by atoms with Gasteiger partial charge in [-0.3, -0.25) is 4.98 Å². The van der Waals surface area contributed by atoms with Crippen molar-refractivity contribution in [2.24, 2.45) is 0 Å². The number of allylic oxidation sites excluding steroid dienone is 1. The minimum Gasteiger partial charge on any atom is -0.462 e. The van der Waals surface area contributed by atoms with Gasteiger partial charge in [0.05, 0.1) is 35.7 Å². The highest BCUT2D eigenvalue weighted by Gasteiger charge is 2.25. The largest absolute Gasteiger partial charge is 0.462 e. The molecule has 2 rings (SSSR count). The summed E-state index contributed by atoms with van der Waals surface area (Å²) < 4.78 is 10.4. The molecular weight excluding hydrogens is 342 g/mol. The average Bonchev–Trinajstić information content (AvgIpc) is 2.62. The number of nitrogens with zero attached hydrogens (tertiary/aromatic N) is 1. The van der Waals surface area contributed by atoms with Gasteiger partial charge < -0.3 is 9.47 Å². The molecule has 0 spiro atoms. The van der Waals surface area contributed by atoms with Gasteiger partial charge in [-0.1, -0.05) is 42.5 Å². The highest BCUT2D eigenvalue weighted by atomic mass is 16.5. The first-order chi connectivity index (χ1) is 13.0. The Hall–Kier alpha value is -2.95. The third-order valence-electron chi connectivity index (χ3n) is 4.05. The number of hydrogen-bond acceptors (Lipinski definition) is 5. The molecule has 0 aliphatic rings. The molecule has 0 N–H and O–H groups in total. The third-order valence-corrected chi connectivity index (χ3v) is 4.05. The number of rotatable bonds is 7. The molecule has 0 bridgehead atoms. The van der Waals surface area contributed by atoms with Crippen LogP contribution in [0.25, 0.3) is 6.08 Å². The molecule has 0 atom stereocenters. The summed E-state index contributed by atoms with van der Waals surface area (Å²) in [4.78, 5) is 29.4. The first-order valence-electron chi connectivity index (χ1n) is 9.05. The maximum absolute atomic E-state index is 12.5. The molecule has 142 valence electrons. The van der Waals surface area contributed by atoms with Crippen molar-refractivity contribution in [1.82, 2.24) is 4.98 Å². The predicted octanol–water partition coefficient (Wildman–Crippen LogP) is 4.31. The Morgan fingerprint density at radius 1 is 0.926 bits per heavy atom. The second-order valence-electron chi connectivity index (χ2n) is 5.97. The molecule has 5 nitrogen and oxygen atoms in total. The lowest BCUT2D eigenvalue weighted by Crippen LogP contribution is -2.19. The van der Waals surface area contributed by atoms with Crippen LogP contribution in [0.15, 0.2) is 36.4 Å². The van der Waals surface area contributed by atoms with Crippen molar-refractivity contribution < 1.29 is 19.1 Å². The van der Waals surface area contributed by atoms with Crippen LogP contribution in [0, 0.1) is 13.8 Å². The fourth-order valence-corrected chi connectivity index (χ4v) is 2.95. The van der Waals surface area contributed by atoms with Crippen molar-refractivity contribution in [2.45, 2.75) is 34.1 Å². The van der Waals surface area contributed by atoms with Crippen LogP contribution in [0.2, 0.25) is 0 Å². The molecule has 1 heterocycles. The molecule has 2 aromatic rings. The standard InChI is InChI=1S/C22H25NO4/c1-5-26-21(24)19-15(3)23-16(4)20(22(25)27-6-2)18(19)14-10-13-17-11-8-7-9-12-17/h7-13H,5-6,14H2,1-4H3. The molecule has 27 heavy (non-hydrogen) atoms. The van der Waals surface area contributed by atoms with Crippen molar-refractivity contribution in [3.05, 3.63) is 70.0 Å². The van der Waals surface area contributed by atoms with Crippen LogP contribution in [0.3, 0.4) is 0 Å². The van der Waals surface area contributed by atoms with E-state index in [1.807, 2.05) is 42.5 Å². The van der Waals surface area contributed by atoms with Gasteiger partial charge in [0.1, 0.15) is 0 Å². The highest BCUT2D eigenvalue weighted by Crippen LogP contribution is 2.24. The predicted molar refractivity (Wildman–Crippen MR) is 105 cm³/mol. The summed E-state index contributed by atoms with van der Waals surface area (Å²) in [7, 11) is 0. The lowest BCUT2D eigenvalue weighted by Gasteiger charge is -2.16. The fraction of sp³-hybridized carbons (Fsp3) is 0.318. The van der Waals surface area contributed by atoms with E-state index >= 15 is 0 Å². The van der Waals surface area contributed by atoms with Gasteiger partial charge in [0.2, 0.25) is 0 Å². The normalized spacial score (nSPS) is 10.8. The quantitative estimate of drug-likeness (QED) is 0.682. The number of benzene rings is 1. The summed E-state index contributed by atoms with van der Waals surface area (Å²) in [5.74, 6) is -0.952. The molecule has 0 saturated carbocycles. The number of carbonyl (C=O) groups is 2. The Kier molecular flexibility index (Phi) is 7.29. The van der Waals surface area contributed by atoms with Gasteiger partial charge in [0.25, 0.3) is 0 Å². The minimum absolute atomic E-state index is 0.250. The molecule has 0 radical (unpaired) electrons. The lowest BCUT2D eigenvalue weighted by molar-refractivity contribution is 0.0521. The molecule has 0 unspecified atom stereocenters. The molecule has 0 amide bonds. The Morgan fingerprint density at radius 2 is 1.44 bits per heavy atom. The second kappa shape index (κ2) is 9.67. The molecule has 1 aromatic heterocycles. The van der Waals surface area contributed by atoms with Crippen LogP contribution in [0.5, 0.6) is 0 Å². The van der Waals surface area contributed by atoms with Crippen LogP contribution in [-0.2, 0) is 15.9 Å². The van der Waals surface area contributed by atoms with Crippen LogP contribution in [-0.4, -0.2) is 30.1 Å². The zero-order valence-corrected chi connectivity index (χ0v) is 16.2. The third kappa shape index (κ3) is 5.03. The monoisotopic (exact) mass is 367 g/mol. The van der Waals surface area contributed by atoms with E-state index in [9.17, 15) is 9.59 Å². The number of hydrogen-bond donors (Lipinski definition) is 0. The average molecular weight is 367 g/mol. The van der Waals surface area contributed by atoms with E-state index < -0.39 is 11.9 Å². The van der Waals surface area contributed by atoms with Crippen molar-refractivity contribution in [3.63, 3.8) is 0 Å². The van der Waals surface area contributed by atoms with Gasteiger partial charge in [0, 0.05) is 0 Å². The van der Waals surface area contributed by atoms with E-state index in [4.69, 9.17) is 9.47 Å². The van der Waals surface area contributed by atoms with Crippen molar-refractivity contribution in [3.8, 4) is 0 Å². The molecule has 0 saturated heterocycles. The fourth-order valence-electron chi connectivity index (χ4n) is 2.95. The zero-order chi connectivity index (χ0) is 19.8. The number of pyridine rings is 1. The smallest absolute Gasteiger partial charge is 0.340 e. The Labute approximate surface area is 160 Å². The second-order valence-corrected chi connectivity index (χ2v) is 5.97. The Bertz CT molecular complexity index is 799. The van der Waals surface area contributed by atoms with Crippen LogP contribution in [0.4, 0.5) is 0 Å². The van der Waals surface area contributed by atoms with E-state index in [0.29, 0.717) is 34.5 Å². The zero-order valence-electron chi connectivity index (χ0n) is 16.2. The maximum Gasteiger partial charge on any atom is 0.340 e. The number of carbonyl (C=O) groups excluding carboxylic acids is 2. The van der Waals surface area contributed by atoms with Gasteiger partial charge in [-0.25, -0.2) is 9.59 Å². The van der Waals surface area contributed by atoms with Crippen LogP contribution in [0.1, 0.15) is 57.1 Å². The van der Waals surface area contributed by atoms with E-state index in [2.05, 4.69) is 4.98 Å². The summed E-state index contributed by atoms with van der Waals surface area (Å²) in [6.45, 7) is 7.49. The minimum atomic E-state index is -0.476. The Balaban J connectivity index is 2.52. The molecule has 5 heteroatoms. The summed E-state index contributed by atoms with van der Waals surface area (Å²) in [5, 5.41) is 0. The molecule has 1 aromatic carbocycles. The topological polar surface area (TPSA) is 65.5 Å². The van der Waals surface area contributed by atoms with E-state index in [0.717, 1.165) is 5.56 Å². The number of ether oxygens (including phenoxy) is 2. The summed E-state index contributed by atoms with van der Waals surface area (Å²) in [6, 6.07) is 9.82. The van der Waals surface area contributed by atoms with E-state index in [1.165, 1.54) is 0 Å². The lowest BCUT2D eigenvalue weighted by atomic mass is 9.95. The molecular formula is C22H25NO4. The van der Waals surface area contributed by atoms with Gasteiger partial charge in [0.15, 0.2) is 0 Å². The van der Waals surface area contributed by atoms with Gasteiger partial charge in [-0.05, 0) is 45.2 Å². The van der Waals surface area contributed by atoms with Crippen molar-refractivity contribution in [1.29, 1.82) is 0 Å². The van der Waals surface area contributed by atoms with Crippen LogP contribution >= 0.6 is 0 Å². The van der Waals surface area contributed by atoms with Crippen molar-refractivity contribution in [2.75, 3.05) is 13.2 Å². The first-order valence-corrected chi connectivity index (χ1v) is 9.05. The Morgan fingerprint density at radius 3 is 1.93 bits per heavy atom. The van der Waals surface area contributed by atoms with Gasteiger partial charge >= 0.3 is 11.9 Å². The van der Waals surface area contributed by atoms with Crippen molar-refractivity contribution >= 4 is 18.0 Å². The molecule has 0 fully saturated rings. The number of aryl methyl sites for hydroxylation is 2. The highest BCUT2D eigenvalue weighted by molar-refractivity contribution is 5.99. The van der Waals surface area contributed by atoms with E-state index in [-0.39, 0.29) is 13.2 Å². The maximum atomic E-state index is 12.5. The van der Waals surface area contributed by atoms with Crippen LogP contribution < -0.4 is 0 Å². The van der Waals surface area contributed by atoms with Gasteiger partial charge in [-0.15, -0.1) is 0 Å². The molecule has 0 aliphatic carbocycles. The number of esters is 2. The molecule has 0 aliphatic heterocycles. The summed E-state index contributed by atoms with van der Waals surface area (Å²) in [5.41, 5.74) is 3.38.